The van der Waals surface area contributed by atoms with Gasteiger partial charge in [-0.15, -0.1) is 0 Å². The molecule has 1 heterocycles. The number of anilines is 1. The molecule has 1 saturated carbocycles. The predicted octanol–water partition coefficient (Wildman–Crippen LogP) is 2.14. The highest BCUT2D eigenvalue weighted by Crippen LogP contribution is 2.39. The van der Waals surface area contributed by atoms with E-state index in [1.165, 1.54) is 7.11 Å². The quantitative estimate of drug-likeness (QED) is 0.804. The molecule has 140 valence electrons. The first-order valence-corrected chi connectivity index (χ1v) is 9.08. The Kier molecular flexibility index (Phi) is 5.88. The Bertz CT molecular complexity index is 664. The molecular weight excluding hydrogens is 334 g/mol. The second-order valence-corrected chi connectivity index (χ2v) is 6.93. The van der Waals surface area contributed by atoms with Gasteiger partial charge in [-0.3, -0.25) is 19.8 Å². The predicted molar refractivity (Wildman–Crippen MR) is 96.5 cm³/mol. The fourth-order valence-corrected chi connectivity index (χ4v) is 4.16. The number of para-hydroxylation sites is 1. The smallest absolute Gasteiger partial charge is 0.325 e. The monoisotopic (exact) mass is 359 g/mol. The standard InChI is InChI=1S/C19H25N3O4/c1-26-18(24)16-11-13-7-5-6-10-15(13)22(16)12-17(23)21-19(25)20-14-8-3-2-4-9-14/h2-4,8-9,13,15-16H,5-7,10-12H2,1H3,(H2,20,21,23,25)/t13-,15-,16+/m1/s1. The molecule has 0 bridgehead atoms. The van der Waals surface area contributed by atoms with E-state index in [0.717, 1.165) is 32.1 Å². The zero-order valence-corrected chi connectivity index (χ0v) is 14.9. The minimum atomic E-state index is -0.574. The summed E-state index contributed by atoms with van der Waals surface area (Å²) in [5.74, 6) is -0.307. The number of urea groups is 1. The van der Waals surface area contributed by atoms with Crippen molar-refractivity contribution in [2.75, 3.05) is 19.0 Å². The summed E-state index contributed by atoms with van der Waals surface area (Å²) in [6.45, 7) is 0.0170. The van der Waals surface area contributed by atoms with Gasteiger partial charge in [0.1, 0.15) is 6.04 Å². The van der Waals surface area contributed by atoms with Crippen LogP contribution in [0.25, 0.3) is 0 Å². The van der Waals surface area contributed by atoms with Gasteiger partial charge in [-0.2, -0.15) is 0 Å². The number of hydrogen-bond donors (Lipinski definition) is 2. The van der Waals surface area contributed by atoms with Gasteiger partial charge in [0.15, 0.2) is 0 Å². The van der Waals surface area contributed by atoms with Crippen LogP contribution in [0.15, 0.2) is 30.3 Å². The zero-order chi connectivity index (χ0) is 18.5. The number of amides is 3. The second-order valence-electron chi connectivity index (χ2n) is 6.93. The maximum Gasteiger partial charge on any atom is 0.325 e. The van der Waals surface area contributed by atoms with Crippen LogP contribution >= 0.6 is 0 Å². The van der Waals surface area contributed by atoms with Crippen molar-refractivity contribution in [1.82, 2.24) is 10.2 Å². The van der Waals surface area contributed by atoms with Crippen molar-refractivity contribution in [1.29, 1.82) is 0 Å². The molecule has 7 heteroatoms. The number of benzene rings is 1. The molecule has 26 heavy (non-hydrogen) atoms. The summed E-state index contributed by atoms with van der Waals surface area (Å²) in [5, 5.41) is 4.96. The number of imide groups is 1. The SMILES string of the molecule is COC(=O)[C@@H]1C[C@H]2CCCC[C@H]2N1CC(=O)NC(=O)Nc1ccccc1. The maximum absolute atomic E-state index is 12.4. The molecule has 0 unspecified atom stereocenters. The summed E-state index contributed by atoms with van der Waals surface area (Å²) in [6.07, 6.45) is 5.03. The molecule has 2 fully saturated rings. The Balaban J connectivity index is 1.60. The Hall–Kier alpha value is -2.41. The summed E-state index contributed by atoms with van der Waals surface area (Å²) in [6, 6.07) is 8.14. The summed E-state index contributed by atoms with van der Waals surface area (Å²) >= 11 is 0. The summed E-state index contributed by atoms with van der Waals surface area (Å²) in [4.78, 5) is 38.4. The number of nitrogens with one attached hydrogen (secondary N) is 2. The van der Waals surface area contributed by atoms with Gasteiger partial charge in [0, 0.05) is 11.7 Å². The van der Waals surface area contributed by atoms with Crippen LogP contribution in [0.2, 0.25) is 0 Å². The van der Waals surface area contributed by atoms with Gasteiger partial charge in [0.05, 0.1) is 13.7 Å². The van der Waals surface area contributed by atoms with Crippen LogP contribution in [-0.2, 0) is 14.3 Å². The lowest BCUT2D eigenvalue weighted by Gasteiger charge is -2.32. The number of likely N-dealkylation sites (tertiary alicyclic amines) is 1. The summed E-state index contributed by atoms with van der Waals surface area (Å²) in [7, 11) is 1.37. The van der Waals surface area contributed by atoms with Crippen LogP contribution in [0.1, 0.15) is 32.1 Å². The van der Waals surface area contributed by atoms with Crippen molar-refractivity contribution in [3.63, 3.8) is 0 Å². The lowest BCUT2D eigenvalue weighted by molar-refractivity contribution is -0.146. The Morgan fingerprint density at radius 1 is 1.15 bits per heavy atom. The lowest BCUT2D eigenvalue weighted by atomic mass is 9.85. The number of hydrogen-bond acceptors (Lipinski definition) is 5. The number of methoxy groups -OCH3 is 1. The number of ether oxygens (including phenoxy) is 1. The third-order valence-electron chi connectivity index (χ3n) is 5.31. The molecule has 0 spiro atoms. The molecule has 3 atom stereocenters. The largest absolute Gasteiger partial charge is 0.468 e. The topological polar surface area (TPSA) is 87.7 Å². The van der Waals surface area contributed by atoms with E-state index in [9.17, 15) is 14.4 Å². The van der Waals surface area contributed by atoms with Crippen LogP contribution < -0.4 is 10.6 Å². The normalized spacial score (nSPS) is 25.2. The highest BCUT2D eigenvalue weighted by atomic mass is 16.5. The first-order valence-electron chi connectivity index (χ1n) is 9.08. The van der Waals surface area contributed by atoms with Gasteiger partial charge in [0.2, 0.25) is 5.91 Å². The summed E-state index contributed by atoms with van der Waals surface area (Å²) < 4.78 is 4.92. The molecular formula is C19H25N3O4. The molecule has 1 saturated heterocycles. The van der Waals surface area contributed by atoms with Gasteiger partial charge < -0.3 is 10.1 Å². The number of esters is 1. The van der Waals surface area contributed by atoms with Crippen LogP contribution in [0.5, 0.6) is 0 Å². The van der Waals surface area contributed by atoms with Gasteiger partial charge in [-0.1, -0.05) is 31.0 Å². The van der Waals surface area contributed by atoms with Crippen molar-refractivity contribution in [3.8, 4) is 0 Å². The summed E-state index contributed by atoms with van der Waals surface area (Å²) in [5.41, 5.74) is 0.610. The van der Waals surface area contributed by atoms with Crippen molar-refractivity contribution >= 4 is 23.6 Å². The van der Waals surface area contributed by atoms with Crippen LogP contribution in [-0.4, -0.2) is 48.5 Å². The fraction of sp³-hybridized carbons (Fsp3) is 0.526. The molecule has 0 radical (unpaired) electrons. The van der Waals surface area contributed by atoms with Crippen molar-refractivity contribution < 1.29 is 19.1 Å². The Labute approximate surface area is 153 Å². The number of carbonyl (C=O) groups excluding carboxylic acids is 3. The molecule has 1 aliphatic carbocycles. The van der Waals surface area contributed by atoms with Crippen LogP contribution in [0, 0.1) is 5.92 Å². The molecule has 1 aliphatic heterocycles. The van der Waals surface area contributed by atoms with E-state index in [2.05, 4.69) is 10.6 Å². The van der Waals surface area contributed by atoms with E-state index < -0.39 is 18.0 Å². The van der Waals surface area contributed by atoms with Crippen LogP contribution in [0.4, 0.5) is 10.5 Å². The van der Waals surface area contributed by atoms with E-state index in [1.807, 2.05) is 11.0 Å². The Morgan fingerprint density at radius 2 is 1.88 bits per heavy atom. The second kappa shape index (κ2) is 8.31. The van der Waals surface area contributed by atoms with Gasteiger partial charge in [-0.25, -0.2) is 4.79 Å². The third-order valence-corrected chi connectivity index (χ3v) is 5.31. The molecule has 1 aromatic rings. The van der Waals surface area contributed by atoms with E-state index in [0.29, 0.717) is 11.6 Å². The lowest BCUT2D eigenvalue weighted by Crippen LogP contribution is -2.49. The average molecular weight is 359 g/mol. The van der Waals surface area contributed by atoms with E-state index >= 15 is 0 Å². The molecule has 7 nitrogen and oxygen atoms in total. The first kappa shape index (κ1) is 18.4. The molecule has 3 rings (SSSR count). The number of rotatable bonds is 4. The minimum absolute atomic E-state index is 0.0170. The van der Waals surface area contributed by atoms with Gasteiger partial charge in [0.25, 0.3) is 0 Å². The highest BCUT2D eigenvalue weighted by Gasteiger charge is 2.46. The number of nitrogens with zero attached hydrogens (tertiary/aromatic N) is 1. The van der Waals surface area contributed by atoms with Crippen molar-refractivity contribution in [2.24, 2.45) is 5.92 Å². The minimum Gasteiger partial charge on any atom is -0.468 e. The maximum atomic E-state index is 12.4. The molecule has 1 aromatic carbocycles. The molecule has 2 N–H and O–H groups in total. The third kappa shape index (κ3) is 4.22. The first-order chi connectivity index (χ1) is 12.6. The van der Waals surface area contributed by atoms with E-state index in [-0.39, 0.29) is 18.6 Å². The highest BCUT2D eigenvalue weighted by molar-refractivity contribution is 6.01. The zero-order valence-electron chi connectivity index (χ0n) is 14.9. The van der Waals surface area contributed by atoms with Crippen LogP contribution in [0.3, 0.4) is 0 Å². The van der Waals surface area contributed by atoms with Gasteiger partial charge in [-0.05, 0) is 37.3 Å². The molecule has 0 aromatic heterocycles. The van der Waals surface area contributed by atoms with E-state index in [4.69, 9.17) is 4.74 Å². The Morgan fingerprint density at radius 3 is 2.62 bits per heavy atom. The van der Waals surface area contributed by atoms with Crippen molar-refractivity contribution in [2.45, 2.75) is 44.2 Å². The fourth-order valence-electron chi connectivity index (χ4n) is 4.16. The molecule has 2 aliphatic rings. The number of carbonyl (C=O) groups is 3. The average Bonchev–Trinajstić information content (AvgIpc) is 3.00. The van der Waals surface area contributed by atoms with Crippen molar-refractivity contribution in [3.05, 3.63) is 30.3 Å². The molecule has 3 amide bonds. The number of fused-ring (bicyclic) bond motifs is 1. The van der Waals surface area contributed by atoms with E-state index in [1.54, 1.807) is 24.3 Å². The van der Waals surface area contributed by atoms with Gasteiger partial charge >= 0.3 is 12.0 Å².